The first kappa shape index (κ1) is 23.2. The molecule has 176 valence electrons. The largest absolute Gasteiger partial charge is 0.508 e. The fourth-order valence-electron chi connectivity index (χ4n) is 3.51. The molecule has 0 aliphatic heterocycles. The van der Waals surface area contributed by atoms with Crippen molar-refractivity contribution in [3.05, 3.63) is 118 Å². The number of H-pyrrole nitrogens is 1. The Bertz CT molecular complexity index is 1550. The fourth-order valence-corrected chi connectivity index (χ4v) is 3.51. The van der Waals surface area contributed by atoms with Crippen molar-refractivity contribution in [2.24, 2.45) is 7.05 Å². The van der Waals surface area contributed by atoms with Gasteiger partial charge >= 0.3 is 0 Å². The molecule has 2 N–H and O–H groups in total. The molecule has 35 heavy (non-hydrogen) atoms. The molecule has 0 saturated heterocycles. The average Bonchev–Trinajstić information content (AvgIpc) is 3.34. The van der Waals surface area contributed by atoms with Crippen LogP contribution < -0.4 is 10.3 Å². The predicted octanol–water partition coefficient (Wildman–Crippen LogP) is 5.77. The number of nitro benzene ring substituents is 1. The Morgan fingerprint density at radius 1 is 1.00 bits per heavy atom. The van der Waals surface area contributed by atoms with Crippen LogP contribution in [0.25, 0.3) is 22.0 Å². The molecule has 0 atom stereocenters. The Labute approximate surface area is 198 Å². The molecule has 0 fully saturated rings. The number of phenolic OH excluding ortho intramolecular Hbond substituents is 1. The number of para-hydroxylation sites is 2. The van der Waals surface area contributed by atoms with E-state index in [1.54, 1.807) is 73.9 Å². The average molecular weight is 473 g/mol. The van der Waals surface area contributed by atoms with Crippen LogP contribution in [-0.2, 0) is 7.05 Å². The van der Waals surface area contributed by atoms with Gasteiger partial charge in [-0.05, 0) is 30.3 Å². The normalized spacial score (nSPS) is 10.5. The van der Waals surface area contributed by atoms with Gasteiger partial charge in [0.15, 0.2) is 11.6 Å². The number of aromatic nitrogens is 2. The van der Waals surface area contributed by atoms with Crippen molar-refractivity contribution in [3.63, 3.8) is 0 Å². The van der Waals surface area contributed by atoms with Crippen LogP contribution in [0.4, 0.5) is 10.1 Å². The smallest absolute Gasteiger partial charge is 0.274 e. The van der Waals surface area contributed by atoms with E-state index in [0.717, 1.165) is 6.07 Å². The maximum Gasteiger partial charge on any atom is 0.274 e. The van der Waals surface area contributed by atoms with Gasteiger partial charge < -0.3 is 19.4 Å². The zero-order valence-electron chi connectivity index (χ0n) is 18.5. The second-order valence-electron chi connectivity index (χ2n) is 7.54. The highest BCUT2D eigenvalue weighted by molar-refractivity contribution is 5.96. The number of nitrogens with zero attached hydrogens (tertiary/aromatic N) is 2. The number of nitro groups is 1. The van der Waals surface area contributed by atoms with Crippen LogP contribution in [0, 0.1) is 15.9 Å². The van der Waals surface area contributed by atoms with Crippen molar-refractivity contribution in [2.75, 3.05) is 0 Å². The van der Waals surface area contributed by atoms with E-state index in [9.17, 15) is 19.3 Å². The summed E-state index contributed by atoms with van der Waals surface area (Å²) in [5.41, 5.74) is 0.255. The molecule has 0 unspecified atom stereocenters. The Balaban J connectivity index is 0.000000356. The zero-order chi connectivity index (χ0) is 24.9. The summed E-state index contributed by atoms with van der Waals surface area (Å²) in [6.07, 6.45) is 3.09. The molecule has 0 saturated carbocycles. The highest BCUT2D eigenvalue weighted by Gasteiger charge is 2.22. The summed E-state index contributed by atoms with van der Waals surface area (Å²) < 4.78 is 21.9. The monoisotopic (exact) mass is 473 g/mol. The number of nitrogens with one attached hydrogen (secondary N) is 1. The molecule has 5 aromatic rings. The lowest BCUT2D eigenvalue weighted by Crippen LogP contribution is -2.16. The maximum absolute atomic E-state index is 14.8. The number of hydrogen-bond donors (Lipinski definition) is 2. The number of aromatic hydroxyl groups is 1. The lowest BCUT2D eigenvalue weighted by molar-refractivity contribution is -0.385. The van der Waals surface area contributed by atoms with Gasteiger partial charge in [0.2, 0.25) is 0 Å². The molecular weight excluding hydrogens is 453 g/mol. The van der Waals surface area contributed by atoms with E-state index in [4.69, 9.17) is 9.84 Å². The van der Waals surface area contributed by atoms with Gasteiger partial charge in [0.05, 0.1) is 11.0 Å². The van der Waals surface area contributed by atoms with E-state index >= 15 is 0 Å². The van der Waals surface area contributed by atoms with E-state index in [1.807, 2.05) is 6.07 Å². The van der Waals surface area contributed by atoms with Gasteiger partial charge in [-0.25, -0.2) is 4.39 Å². The lowest BCUT2D eigenvalue weighted by Gasteiger charge is -2.14. The minimum Gasteiger partial charge on any atom is -0.508 e. The number of benzene rings is 3. The summed E-state index contributed by atoms with van der Waals surface area (Å²) in [6.45, 7) is 0. The topological polar surface area (TPSA) is 110 Å². The van der Waals surface area contributed by atoms with Crippen molar-refractivity contribution in [2.45, 2.75) is 0 Å². The summed E-state index contributed by atoms with van der Waals surface area (Å²) >= 11 is 0. The van der Waals surface area contributed by atoms with Crippen molar-refractivity contribution >= 4 is 16.6 Å². The van der Waals surface area contributed by atoms with E-state index in [2.05, 4.69) is 4.98 Å². The van der Waals surface area contributed by atoms with Gasteiger partial charge in [-0.3, -0.25) is 14.9 Å². The number of phenols is 1. The Morgan fingerprint density at radius 3 is 2.26 bits per heavy atom. The predicted molar refractivity (Wildman–Crippen MR) is 130 cm³/mol. The second-order valence-corrected chi connectivity index (χ2v) is 7.54. The van der Waals surface area contributed by atoms with Crippen molar-refractivity contribution in [1.29, 1.82) is 0 Å². The SMILES string of the molecule is Cn1cc(-c2cc([N+](=O)[O-])cc(F)c2Oc2ccccc2)c2cc[nH]c2c1=O.Oc1ccccc1. The first-order valence-corrected chi connectivity index (χ1v) is 10.5. The molecule has 0 bridgehead atoms. The third-order valence-electron chi connectivity index (χ3n) is 5.14. The summed E-state index contributed by atoms with van der Waals surface area (Å²) in [6, 6.07) is 21.0. The number of aromatic amines is 1. The van der Waals surface area contributed by atoms with Crippen LogP contribution >= 0.6 is 0 Å². The highest BCUT2D eigenvalue weighted by atomic mass is 19.1. The van der Waals surface area contributed by atoms with Crippen molar-refractivity contribution in [1.82, 2.24) is 9.55 Å². The Morgan fingerprint density at radius 2 is 1.66 bits per heavy atom. The van der Waals surface area contributed by atoms with Gasteiger partial charge in [0, 0.05) is 42.0 Å². The molecule has 5 rings (SSSR count). The molecule has 0 radical (unpaired) electrons. The number of ether oxygens (including phenoxy) is 1. The first-order chi connectivity index (χ1) is 16.8. The van der Waals surface area contributed by atoms with E-state index < -0.39 is 16.4 Å². The van der Waals surface area contributed by atoms with Gasteiger partial charge in [-0.1, -0.05) is 36.4 Å². The molecule has 3 aromatic carbocycles. The summed E-state index contributed by atoms with van der Waals surface area (Å²) in [4.78, 5) is 25.8. The third kappa shape index (κ3) is 5.03. The number of hydrogen-bond acceptors (Lipinski definition) is 5. The van der Waals surface area contributed by atoms with Crippen molar-refractivity contribution in [3.8, 4) is 28.4 Å². The second kappa shape index (κ2) is 9.92. The summed E-state index contributed by atoms with van der Waals surface area (Å²) in [7, 11) is 1.55. The van der Waals surface area contributed by atoms with Crippen LogP contribution in [0.15, 0.2) is 96.1 Å². The Hall–Kier alpha value is -4.92. The minimum atomic E-state index is -0.870. The quantitative estimate of drug-likeness (QED) is 0.254. The van der Waals surface area contributed by atoms with Gasteiger partial charge in [0.25, 0.3) is 11.2 Å². The Kier molecular flexibility index (Phi) is 6.59. The number of rotatable bonds is 4. The fraction of sp³-hybridized carbons (Fsp3) is 0.0385. The van der Waals surface area contributed by atoms with E-state index in [0.29, 0.717) is 28.0 Å². The number of pyridine rings is 1. The van der Waals surface area contributed by atoms with Crippen LogP contribution in [-0.4, -0.2) is 19.6 Å². The molecule has 9 heteroatoms. The molecule has 2 heterocycles. The van der Waals surface area contributed by atoms with Gasteiger partial charge in [-0.15, -0.1) is 0 Å². The summed E-state index contributed by atoms with van der Waals surface area (Å²) in [5, 5.41) is 20.4. The maximum atomic E-state index is 14.8. The van der Waals surface area contributed by atoms with Crippen LogP contribution in [0.1, 0.15) is 0 Å². The molecule has 0 amide bonds. The molecule has 0 aliphatic rings. The lowest BCUT2D eigenvalue weighted by atomic mass is 10.0. The van der Waals surface area contributed by atoms with Gasteiger partial charge in [-0.2, -0.15) is 0 Å². The molecule has 0 spiro atoms. The number of non-ortho nitro benzene ring substituents is 1. The number of fused-ring (bicyclic) bond motifs is 1. The molecular formula is C26H20FN3O5. The molecule has 8 nitrogen and oxygen atoms in total. The summed E-state index contributed by atoms with van der Waals surface area (Å²) in [5.74, 6) is -0.322. The van der Waals surface area contributed by atoms with Crippen LogP contribution in [0.3, 0.4) is 0 Å². The highest BCUT2D eigenvalue weighted by Crippen LogP contribution is 2.40. The number of aryl methyl sites for hydroxylation is 1. The van der Waals surface area contributed by atoms with Crippen molar-refractivity contribution < 1.29 is 19.2 Å². The zero-order valence-corrected chi connectivity index (χ0v) is 18.5. The third-order valence-corrected chi connectivity index (χ3v) is 5.14. The number of halogens is 1. The molecule has 2 aromatic heterocycles. The van der Waals surface area contributed by atoms with Crippen LogP contribution in [0.5, 0.6) is 17.2 Å². The van der Waals surface area contributed by atoms with Crippen LogP contribution in [0.2, 0.25) is 0 Å². The van der Waals surface area contributed by atoms with E-state index in [-0.39, 0.29) is 16.9 Å². The van der Waals surface area contributed by atoms with Gasteiger partial charge in [0.1, 0.15) is 17.0 Å². The standard InChI is InChI=1S/C20H14FN3O4.C6H6O/c1-23-11-16(14-7-8-22-18(14)20(23)25)15-9-12(24(26)27)10-17(21)19(15)28-13-5-3-2-4-6-13;7-6-4-2-1-3-5-6/h2-11,22H,1H3;1-5,7H. The minimum absolute atomic E-state index is 0.155. The first-order valence-electron chi connectivity index (χ1n) is 10.5. The molecule has 0 aliphatic carbocycles. The van der Waals surface area contributed by atoms with E-state index in [1.165, 1.54) is 16.8 Å².